The average Bonchev–Trinajstić information content (AvgIpc) is 3.26. The lowest BCUT2D eigenvalue weighted by atomic mass is 9.89. The SMILES string of the molecule is COc1cc(O[C@@H]2O[C@H](CO)[C@@H](O)[C@H](O)[C@H]2O)ccc1C1Oc2c(O)cc(CCCO)cc2C1CO. The second-order valence-corrected chi connectivity index (χ2v) is 8.91. The molecule has 7 atom stereocenters. The Morgan fingerprint density at radius 1 is 0.917 bits per heavy atom. The molecule has 0 spiro atoms. The maximum Gasteiger partial charge on any atom is 0.229 e. The van der Waals surface area contributed by atoms with E-state index in [2.05, 4.69) is 0 Å². The van der Waals surface area contributed by atoms with Crippen molar-refractivity contribution in [2.75, 3.05) is 26.9 Å². The molecule has 36 heavy (non-hydrogen) atoms. The summed E-state index contributed by atoms with van der Waals surface area (Å²) in [6.07, 6.45) is -6.69. The topological polar surface area (TPSA) is 179 Å². The average molecular weight is 509 g/mol. The van der Waals surface area contributed by atoms with E-state index in [0.717, 1.165) is 5.56 Å². The van der Waals surface area contributed by atoms with Crippen LogP contribution in [-0.2, 0) is 11.2 Å². The smallest absolute Gasteiger partial charge is 0.229 e. The molecule has 0 amide bonds. The van der Waals surface area contributed by atoms with Crippen LogP contribution in [0.15, 0.2) is 30.3 Å². The molecule has 2 heterocycles. The Bertz CT molecular complexity index is 1040. The van der Waals surface area contributed by atoms with Gasteiger partial charge < -0.3 is 54.7 Å². The lowest BCUT2D eigenvalue weighted by Gasteiger charge is -2.39. The summed E-state index contributed by atoms with van der Waals surface area (Å²) in [4.78, 5) is 0. The minimum absolute atomic E-state index is 0.0230. The van der Waals surface area contributed by atoms with Gasteiger partial charge in [-0.1, -0.05) is 6.07 Å². The number of fused-ring (bicyclic) bond motifs is 1. The summed E-state index contributed by atoms with van der Waals surface area (Å²) < 4.78 is 22.7. The quantitative estimate of drug-likeness (QED) is 0.237. The third-order valence-corrected chi connectivity index (χ3v) is 6.60. The highest BCUT2D eigenvalue weighted by atomic mass is 16.7. The molecule has 198 valence electrons. The Morgan fingerprint density at radius 3 is 2.36 bits per heavy atom. The number of aromatic hydroxyl groups is 1. The Balaban J connectivity index is 1.58. The van der Waals surface area contributed by atoms with Gasteiger partial charge in [0, 0.05) is 23.8 Å². The molecule has 1 saturated heterocycles. The van der Waals surface area contributed by atoms with Gasteiger partial charge in [-0.2, -0.15) is 0 Å². The molecule has 4 rings (SSSR count). The van der Waals surface area contributed by atoms with Gasteiger partial charge in [-0.25, -0.2) is 0 Å². The van der Waals surface area contributed by atoms with Crippen molar-refractivity contribution >= 4 is 0 Å². The van der Waals surface area contributed by atoms with Crippen LogP contribution in [0.3, 0.4) is 0 Å². The number of aryl methyl sites for hydroxylation is 1. The van der Waals surface area contributed by atoms with Crippen LogP contribution in [0.5, 0.6) is 23.0 Å². The van der Waals surface area contributed by atoms with Gasteiger partial charge in [0.2, 0.25) is 6.29 Å². The van der Waals surface area contributed by atoms with E-state index in [4.69, 9.17) is 24.1 Å². The number of aliphatic hydroxyl groups is 6. The van der Waals surface area contributed by atoms with Crippen molar-refractivity contribution in [2.45, 2.75) is 55.6 Å². The molecule has 2 aliphatic rings. The van der Waals surface area contributed by atoms with E-state index in [1.165, 1.54) is 13.2 Å². The molecule has 1 fully saturated rings. The second-order valence-electron chi connectivity index (χ2n) is 8.91. The summed E-state index contributed by atoms with van der Waals surface area (Å²) in [5.41, 5.74) is 2.04. The largest absolute Gasteiger partial charge is 0.504 e. The van der Waals surface area contributed by atoms with Crippen LogP contribution in [0, 0.1) is 0 Å². The fraction of sp³-hybridized carbons (Fsp3) is 0.520. The van der Waals surface area contributed by atoms with Gasteiger partial charge in [-0.15, -0.1) is 0 Å². The summed E-state index contributed by atoms with van der Waals surface area (Å²) in [5.74, 6) is 0.281. The van der Waals surface area contributed by atoms with Crippen molar-refractivity contribution in [3.8, 4) is 23.0 Å². The predicted octanol–water partition coefficient (Wildman–Crippen LogP) is -0.286. The lowest BCUT2D eigenvalue weighted by molar-refractivity contribution is -0.277. The first-order chi connectivity index (χ1) is 17.3. The number of ether oxygens (including phenoxy) is 4. The van der Waals surface area contributed by atoms with Crippen LogP contribution in [-0.4, -0.2) is 93.4 Å². The molecule has 0 bridgehead atoms. The van der Waals surface area contributed by atoms with Gasteiger partial charge in [-0.05, 0) is 36.6 Å². The van der Waals surface area contributed by atoms with Crippen LogP contribution in [0.4, 0.5) is 0 Å². The Labute approximate surface area is 207 Å². The van der Waals surface area contributed by atoms with Crippen molar-refractivity contribution < 1.29 is 54.7 Å². The van der Waals surface area contributed by atoms with E-state index in [0.29, 0.717) is 29.7 Å². The summed E-state index contributed by atoms with van der Waals surface area (Å²) in [6.45, 7) is -0.814. The van der Waals surface area contributed by atoms with E-state index >= 15 is 0 Å². The maximum absolute atomic E-state index is 10.5. The lowest BCUT2D eigenvalue weighted by Crippen LogP contribution is -2.60. The van der Waals surface area contributed by atoms with Crippen LogP contribution in [0.2, 0.25) is 0 Å². The van der Waals surface area contributed by atoms with E-state index in [-0.39, 0.29) is 30.5 Å². The monoisotopic (exact) mass is 508 g/mol. The standard InChI is InChI=1S/C25H32O11/c1-33-18-9-13(34-25-22(32)21(31)20(30)19(11-28)35-25)4-5-14(18)23-16(10-27)15-7-12(3-2-6-26)8-17(29)24(15)36-23/h4-5,7-9,16,19-23,25-32H,2-3,6,10-11H2,1H3/t16?,19-,20-,21+,22-,23?,25-/m1/s1. The maximum atomic E-state index is 10.5. The first-order valence-electron chi connectivity index (χ1n) is 11.7. The number of hydrogen-bond acceptors (Lipinski definition) is 11. The van der Waals surface area contributed by atoms with E-state index in [1.807, 2.05) is 6.07 Å². The molecular formula is C25H32O11. The summed E-state index contributed by atoms with van der Waals surface area (Å²) in [6, 6.07) is 8.17. The number of methoxy groups -OCH3 is 1. The molecule has 2 aromatic rings. The molecule has 7 N–H and O–H groups in total. The zero-order valence-electron chi connectivity index (χ0n) is 19.7. The normalized spacial score (nSPS) is 29.5. The molecule has 11 heteroatoms. The second kappa shape index (κ2) is 11.2. The molecule has 0 aliphatic carbocycles. The zero-order valence-corrected chi connectivity index (χ0v) is 19.7. The van der Waals surface area contributed by atoms with Crippen molar-refractivity contribution in [1.82, 2.24) is 0 Å². The van der Waals surface area contributed by atoms with E-state index in [1.54, 1.807) is 18.2 Å². The molecule has 2 aliphatic heterocycles. The first kappa shape index (κ1) is 26.4. The molecule has 0 aromatic heterocycles. The molecule has 0 saturated carbocycles. The third kappa shape index (κ3) is 4.96. The Morgan fingerprint density at radius 2 is 1.69 bits per heavy atom. The third-order valence-electron chi connectivity index (χ3n) is 6.60. The molecule has 0 radical (unpaired) electrons. The summed E-state index contributed by atoms with van der Waals surface area (Å²) in [7, 11) is 1.44. The van der Waals surface area contributed by atoms with Crippen LogP contribution >= 0.6 is 0 Å². The highest BCUT2D eigenvalue weighted by Gasteiger charge is 2.45. The van der Waals surface area contributed by atoms with Crippen molar-refractivity contribution in [2.24, 2.45) is 0 Å². The summed E-state index contributed by atoms with van der Waals surface area (Å²) in [5, 5.41) is 69.4. The fourth-order valence-electron chi connectivity index (χ4n) is 4.67. The van der Waals surface area contributed by atoms with Gasteiger partial charge in [0.1, 0.15) is 42.0 Å². The number of rotatable bonds is 9. The van der Waals surface area contributed by atoms with Gasteiger partial charge >= 0.3 is 0 Å². The van der Waals surface area contributed by atoms with Gasteiger partial charge in [-0.3, -0.25) is 0 Å². The number of phenolic OH excluding ortho intramolecular Hbond substituents is 1. The van der Waals surface area contributed by atoms with E-state index in [9.17, 15) is 30.6 Å². The van der Waals surface area contributed by atoms with Crippen LogP contribution in [0.1, 0.15) is 35.1 Å². The highest BCUT2D eigenvalue weighted by Crippen LogP contribution is 2.52. The number of benzene rings is 2. The van der Waals surface area contributed by atoms with Crippen molar-refractivity contribution in [3.63, 3.8) is 0 Å². The minimum Gasteiger partial charge on any atom is -0.504 e. The Kier molecular flexibility index (Phi) is 8.20. The van der Waals surface area contributed by atoms with Crippen LogP contribution < -0.4 is 14.2 Å². The molecule has 11 nitrogen and oxygen atoms in total. The zero-order chi connectivity index (χ0) is 26.0. The number of aliphatic hydroxyl groups excluding tert-OH is 6. The van der Waals surface area contributed by atoms with Crippen molar-refractivity contribution in [3.05, 3.63) is 47.0 Å². The molecule has 2 aromatic carbocycles. The van der Waals surface area contributed by atoms with Gasteiger partial charge in [0.15, 0.2) is 11.5 Å². The number of phenols is 1. The highest BCUT2D eigenvalue weighted by molar-refractivity contribution is 5.56. The van der Waals surface area contributed by atoms with Gasteiger partial charge in [0.25, 0.3) is 0 Å². The number of hydrogen-bond donors (Lipinski definition) is 7. The first-order valence-corrected chi connectivity index (χ1v) is 11.7. The summed E-state index contributed by atoms with van der Waals surface area (Å²) >= 11 is 0. The minimum atomic E-state index is -1.58. The Hall–Kier alpha value is -2.64. The predicted molar refractivity (Wildman–Crippen MR) is 124 cm³/mol. The van der Waals surface area contributed by atoms with Gasteiger partial charge in [0.05, 0.1) is 26.2 Å². The van der Waals surface area contributed by atoms with E-state index < -0.39 is 49.3 Å². The van der Waals surface area contributed by atoms with Crippen LogP contribution in [0.25, 0.3) is 0 Å². The van der Waals surface area contributed by atoms with Crippen molar-refractivity contribution in [1.29, 1.82) is 0 Å². The molecular weight excluding hydrogens is 476 g/mol. The molecule has 2 unspecified atom stereocenters. The fourth-order valence-corrected chi connectivity index (χ4v) is 4.67.